The summed E-state index contributed by atoms with van der Waals surface area (Å²) >= 11 is 0. The molecule has 3 aromatic rings. The van der Waals surface area contributed by atoms with Crippen LogP contribution in [0.3, 0.4) is 0 Å². The van der Waals surface area contributed by atoms with Gasteiger partial charge in [0.25, 0.3) is 5.91 Å². The highest BCUT2D eigenvalue weighted by Crippen LogP contribution is 2.28. The summed E-state index contributed by atoms with van der Waals surface area (Å²) in [5.41, 5.74) is 2.56. The molecule has 2 heterocycles. The Hall–Kier alpha value is -3.00. The Balaban J connectivity index is 1.52. The lowest BCUT2D eigenvalue weighted by molar-refractivity contribution is 0.102. The summed E-state index contributed by atoms with van der Waals surface area (Å²) in [6.45, 7) is 3.17. The Bertz CT molecular complexity index is 1070. The molecule has 0 spiro atoms. The predicted molar refractivity (Wildman–Crippen MR) is 117 cm³/mol. The van der Waals surface area contributed by atoms with Crippen molar-refractivity contribution in [3.05, 3.63) is 59.3 Å². The monoisotopic (exact) mass is 430 g/mol. The SMILES string of the molecule is Cc1ccc(F)c2cc(C(=O)Nc3cc(F)cc(N4CCC(N(C)CCF)C4)c3)[nH]c12. The van der Waals surface area contributed by atoms with Crippen LogP contribution in [0.4, 0.5) is 24.5 Å². The summed E-state index contributed by atoms with van der Waals surface area (Å²) in [5.74, 6) is -1.36. The number of hydrogen-bond donors (Lipinski definition) is 2. The van der Waals surface area contributed by atoms with Crippen molar-refractivity contribution in [2.75, 3.05) is 43.6 Å². The van der Waals surface area contributed by atoms with Crippen LogP contribution < -0.4 is 10.2 Å². The number of hydrogen-bond acceptors (Lipinski definition) is 3. The third kappa shape index (κ3) is 4.39. The number of alkyl halides is 1. The molecule has 4 rings (SSSR count). The van der Waals surface area contributed by atoms with Crippen LogP contribution in [0.5, 0.6) is 0 Å². The van der Waals surface area contributed by atoms with Gasteiger partial charge in [-0.25, -0.2) is 13.2 Å². The molecule has 1 saturated heterocycles. The Kier molecular flexibility index (Phi) is 5.91. The van der Waals surface area contributed by atoms with Crippen molar-refractivity contribution in [2.24, 2.45) is 0 Å². The first-order chi connectivity index (χ1) is 14.9. The van der Waals surface area contributed by atoms with Crippen molar-refractivity contribution in [1.82, 2.24) is 9.88 Å². The summed E-state index contributed by atoms with van der Waals surface area (Å²) in [6.07, 6.45) is 0.856. The van der Waals surface area contributed by atoms with E-state index in [0.717, 1.165) is 18.5 Å². The molecule has 1 aliphatic rings. The molecule has 0 bridgehead atoms. The third-order valence-electron chi connectivity index (χ3n) is 5.92. The zero-order valence-electron chi connectivity index (χ0n) is 17.5. The van der Waals surface area contributed by atoms with Crippen LogP contribution in [0.1, 0.15) is 22.5 Å². The number of halogens is 3. The number of aromatic nitrogens is 1. The maximum atomic E-state index is 14.3. The highest BCUT2D eigenvalue weighted by atomic mass is 19.1. The van der Waals surface area contributed by atoms with E-state index in [1.165, 1.54) is 24.3 Å². The minimum Gasteiger partial charge on any atom is -0.370 e. The van der Waals surface area contributed by atoms with Crippen molar-refractivity contribution in [3.8, 4) is 0 Å². The van der Waals surface area contributed by atoms with Gasteiger partial charge in [-0.05, 0) is 56.3 Å². The van der Waals surface area contributed by atoms with Gasteiger partial charge in [-0.3, -0.25) is 9.69 Å². The maximum absolute atomic E-state index is 14.3. The number of anilines is 2. The number of amides is 1. The minimum absolute atomic E-state index is 0.196. The number of carbonyl (C=O) groups excluding carboxylic acids is 1. The van der Waals surface area contributed by atoms with Crippen LogP contribution in [0.25, 0.3) is 10.9 Å². The van der Waals surface area contributed by atoms with Gasteiger partial charge in [0.2, 0.25) is 0 Å². The molecule has 1 unspecified atom stereocenters. The zero-order chi connectivity index (χ0) is 22.1. The van der Waals surface area contributed by atoms with Crippen molar-refractivity contribution in [2.45, 2.75) is 19.4 Å². The molecule has 31 heavy (non-hydrogen) atoms. The van der Waals surface area contributed by atoms with Crippen LogP contribution in [-0.4, -0.2) is 55.2 Å². The molecule has 2 N–H and O–H groups in total. The number of fused-ring (bicyclic) bond motifs is 1. The number of H-pyrrole nitrogens is 1. The fourth-order valence-electron chi connectivity index (χ4n) is 4.13. The summed E-state index contributed by atoms with van der Waals surface area (Å²) in [5, 5.41) is 3.04. The van der Waals surface area contributed by atoms with E-state index in [1.54, 1.807) is 12.1 Å². The summed E-state index contributed by atoms with van der Waals surface area (Å²) in [7, 11) is 1.88. The van der Waals surface area contributed by atoms with E-state index < -0.39 is 24.2 Å². The van der Waals surface area contributed by atoms with Gasteiger partial charge in [0.1, 0.15) is 24.0 Å². The Labute approximate surface area is 178 Å². The van der Waals surface area contributed by atoms with E-state index in [1.807, 2.05) is 23.8 Å². The van der Waals surface area contributed by atoms with Crippen LogP contribution in [0.2, 0.25) is 0 Å². The second-order valence-electron chi connectivity index (χ2n) is 8.05. The van der Waals surface area contributed by atoms with E-state index in [0.29, 0.717) is 35.4 Å². The largest absolute Gasteiger partial charge is 0.370 e. The number of aromatic amines is 1. The van der Waals surface area contributed by atoms with Gasteiger partial charge in [0, 0.05) is 42.4 Å². The highest BCUT2D eigenvalue weighted by molar-refractivity contribution is 6.06. The molecule has 0 radical (unpaired) electrons. The van der Waals surface area contributed by atoms with Gasteiger partial charge in [-0.15, -0.1) is 0 Å². The molecule has 1 fully saturated rings. The molecule has 2 aromatic carbocycles. The normalized spacial score (nSPS) is 16.5. The number of nitrogens with one attached hydrogen (secondary N) is 2. The number of carbonyl (C=O) groups is 1. The lowest BCUT2D eigenvalue weighted by Crippen LogP contribution is -2.35. The molecular weight excluding hydrogens is 405 g/mol. The molecule has 1 aliphatic heterocycles. The summed E-state index contributed by atoms with van der Waals surface area (Å²) < 4.78 is 41.0. The van der Waals surface area contributed by atoms with E-state index in [2.05, 4.69) is 10.3 Å². The summed E-state index contributed by atoms with van der Waals surface area (Å²) in [6, 6.07) is 9.05. The second-order valence-corrected chi connectivity index (χ2v) is 8.05. The third-order valence-corrected chi connectivity index (χ3v) is 5.92. The quantitative estimate of drug-likeness (QED) is 0.606. The van der Waals surface area contributed by atoms with Gasteiger partial charge in [0.15, 0.2) is 0 Å². The summed E-state index contributed by atoms with van der Waals surface area (Å²) in [4.78, 5) is 19.7. The first-order valence-corrected chi connectivity index (χ1v) is 10.3. The molecule has 164 valence electrons. The molecule has 1 aromatic heterocycles. The van der Waals surface area contributed by atoms with Crippen molar-refractivity contribution in [3.63, 3.8) is 0 Å². The van der Waals surface area contributed by atoms with Crippen LogP contribution in [0, 0.1) is 18.6 Å². The highest BCUT2D eigenvalue weighted by Gasteiger charge is 2.26. The average molecular weight is 430 g/mol. The maximum Gasteiger partial charge on any atom is 0.272 e. The van der Waals surface area contributed by atoms with E-state index in [4.69, 9.17) is 0 Å². The number of rotatable bonds is 6. The van der Waals surface area contributed by atoms with Crippen LogP contribution >= 0.6 is 0 Å². The van der Waals surface area contributed by atoms with Crippen LogP contribution in [-0.2, 0) is 0 Å². The Morgan fingerprint density at radius 1 is 1.26 bits per heavy atom. The lowest BCUT2D eigenvalue weighted by atomic mass is 10.1. The van der Waals surface area contributed by atoms with Gasteiger partial charge in [-0.1, -0.05) is 6.07 Å². The van der Waals surface area contributed by atoms with Gasteiger partial charge >= 0.3 is 0 Å². The van der Waals surface area contributed by atoms with Crippen molar-refractivity contribution >= 4 is 28.2 Å². The first kappa shape index (κ1) is 21.2. The topological polar surface area (TPSA) is 51.4 Å². The number of nitrogens with zero attached hydrogens (tertiary/aromatic N) is 2. The molecule has 1 amide bonds. The Morgan fingerprint density at radius 2 is 2.06 bits per heavy atom. The molecule has 8 heteroatoms. The fourth-order valence-corrected chi connectivity index (χ4v) is 4.13. The zero-order valence-corrected chi connectivity index (χ0v) is 17.5. The number of benzene rings is 2. The molecule has 0 saturated carbocycles. The first-order valence-electron chi connectivity index (χ1n) is 10.3. The van der Waals surface area contributed by atoms with E-state index in [-0.39, 0.29) is 11.7 Å². The average Bonchev–Trinajstić information content (AvgIpc) is 3.39. The molecular formula is C23H25F3N4O. The van der Waals surface area contributed by atoms with Gasteiger partial charge in [0.05, 0.1) is 5.52 Å². The van der Waals surface area contributed by atoms with E-state index >= 15 is 0 Å². The van der Waals surface area contributed by atoms with Gasteiger partial charge in [-0.2, -0.15) is 0 Å². The number of aryl methyl sites for hydroxylation is 1. The Morgan fingerprint density at radius 3 is 2.81 bits per heavy atom. The fraction of sp³-hybridized carbons (Fsp3) is 0.348. The lowest BCUT2D eigenvalue weighted by Gasteiger charge is -2.24. The molecule has 0 aliphatic carbocycles. The minimum atomic E-state index is -0.478. The van der Waals surface area contributed by atoms with Crippen molar-refractivity contribution < 1.29 is 18.0 Å². The van der Waals surface area contributed by atoms with Crippen LogP contribution in [0.15, 0.2) is 36.4 Å². The van der Waals surface area contributed by atoms with Crippen molar-refractivity contribution in [1.29, 1.82) is 0 Å². The standard InChI is InChI=1S/C23H25F3N4O/c1-14-3-4-20(26)19-12-21(28-22(14)19)23(31)27-16-9-15(25)10-18(11-16)30-7-5-17(13-30)29(2)8-6-24/h3-4,9-12,17,28H,5-8,13H2,1-2H3,(H,27,31). The second kappa shape index (κ2) is 8.63. The van der Waals surface area contributed by atoms with E-state index in [9.17, 15) is 18.0 Å². The molecule has 5 nitrogen and oxygen atoms in total. The van der Waals surface area contributed by atoms with Gasteiger partial charge < -0.3 is 15.2 Å². The molecule has 1 atom stereocenters. The number of likely N-dealkylation sites (N-methyl/N-ethyl adjacent to an activating group) is 1. The predicted octanol–water partition coefficient (Wildman–Crippen LogP) is 4.49. The smallest absolute Gasteiger partial charge is 0.272 e.